The molecule has 0 aromatic heterocycles. The Morgan fingerprint density at radius 2 is 1.69 bits per heavy atom. The van der Waals surface area contributed by atoms with Crippen LogP contribution in [-0.2, 0) is 13.1 Å². The maximum Gasteiger partial charge on any atom is 0.258 e. The number of amides is 2. The molecule has 0 atom stereocenters. The van der Waals surface area contributed by atoms with Crippen molar-refractivity contribution in [3.05, 3.63) is 52.6 Å². The lowest BCUT2D eigenvalue weighted by Crippen LogP contribution is -2.33. The van der Waals surface area contributed by atoms with E-state index < -0.39 is 0 Å². The van der Waals surface area contributed by atoms with Gasteiger partial charge in [-0.25, -0.2) is 0 Å². The molecule has 2 aliphatic rings. The van der Waals surface area contributed by atoms with Gasteiger partial charge in [-0.05, 0) is 61.7 Å². The number of hydrogen-bond donors (Lipinski definition) is 2. The third kappa shape index (κ3) is 5.93. The maximum absolute atomic E-state index is 13.3. The topological polar surface area (TPSA) is 93.6 Å². The molecule has 2 aliphatic heterocycles. The molecule has 8 heteroatoms. The first-order chi connectivity index (χ1) is 17.4. The first-order valence-corrected chi connectivity index (χ1v) is 12.9. The first-order valence-electron chi connectivity index (χ1n) is 12.9. The minimum absolute atomic E-state index is 0.00542. The Morgan fingerprint density at radius 1 is 0.972 bits per heavy atom. The van der Waals surface area contributed by atoms with E-state index in [2.05, 4.69) is 4.90 Å². The van der Waals surface area contributed by atoms with Gasteiger partial charge in [-0.15, -0.1) is 0 Å². The van der Waals surface area contributed by atoms with Gasteiger partial charge in [-0.3, -0.25) is 14.5 Å². The number of likely N-dealkylation sites (tertiary alicyclic amines) is 1. The van der Waals surface area contributed by atoms with Crippen molar-refractivity contribution < 1.29 is 24.5 Å². The van der Waals surface area contributed by atoms with Crippen LogP contribution in [0.15, 0.2) is 30.3 Å². The average Bonchev–Trinajstić information content (AvgIpc) is 3.31. The molecule has 2 aromatic carbocycles. The molecular weight excluding hydrogens is 458 g/mol. The third-order valence-electron chi connectivity index (χ3n) is 7.08. The zero-order valence-corrected chi connectivity index (χ0v) is 21.3. The van der Waals surface area contributed by atoms with Gasteiger partial charge >= 0.3 is 0 Å². The fraction of sp³-hybridized carbons (Fsp3) is 0.500. The highest BCUT2D eigenvalue weighted by molar-refractivity contribution is 6.03. The molecule has 4 rings (SSSR count). The molecule has 0 saturated carbocycles. The molecule has 0 bridgehead atoms. The Bertz CT molecular complexity index is 1100. The minimum Gasteiger partial charge on any atom is -0.507 e. The Hall–Kier alpha value is -3.26. The van der Waals surface area contributed by atoms with Crippen LogP contribution in [0.1, 0.15) is 70.9 Å². The van der Waals surface area contributed by atoms with Crippen LogP contribution in [0, 0.1) is 0 Å². The molecular formula is C28H37N3O5. The van der Waals surface area contributed by atoms with Crippen molar-refractivity contribution >= 4 is 11.8 Å². The van der Waals surface area contributed by atoms with Crippen LogP contribution in [0.4, 0.5) is 0 Å². The lowest BCUT2D eigenvalue weighted by molar-refractivity contribution is 0.0748. The highest BCUT2D eigenvalue weighted by Crippen LogP contribution is 2.33. The predicted octanol–water partition coefficient (Wildman–Crippen LogP) is 3.99. The van der Waals surface area contributed by atoms with Gasteiger partial charge in [0, 0.05) is 39.3 Å². The smallest absolute Gasteiger partial charge is 0.258 e. The van der Waals surface area contributed by atoms with Crippen molar-refractivity contribution in [1.82, 2.24) is 14.7 Å². The second-order valence-electron chi connectivity index (χ2n) is 9.81. The normalized spacial score (nSPS) is 15.6. The minimum atomic E-state index is -0.387. The standard InChI is InChI=1S/C28H37N3O5/c1-3-4-10-29(2)27(34)23-16-24(26(33)17-25(23)32)28(35)31-18-20-8-9-22(15-21(20)19-31)36-14-13-30-11-6-5-7-12-30/h8-9,15-17,32-33H,3-7,10-14,18-19H2,1-2H3. The number of piperidine rings is 1. The van der Waals surface area contributed by atoms with Gasteiger partial charge < -0.3 is 24.7 Å². The van der Waals surface area contributed by atoms with E-state index in [0.717, 1.165) is 55.4 Å². The fourth-order valence-electron chi connectivity index (χ4n) is 4.87. The first kappa shape index (κ1) is 25.8. The third-order valence-corrected chi connectivity index (χ3v) is 7.08. The summed E-state index contributed by atoms with van der Waals surface area (Å²) in [4.78, 5) is 31.7. The summed E-state index contributed by atoms with van der Waals surface area (Å²) in [6.07, 6.45) is 5.59. The second-order valence-corrected chi connectivity index (χ2v) is 9.81. The summed E-state index contributed by atoms with van der Waals surface area (Å²) in [5, 5.41) is 20.7. The molecule has 1 saturated heterocycles. The summed E-state index contributed by atoms with van der Waals surface area (Å²) in [7, 11) is 1.66. The van der Waals surface area contributed by atoms with Gasteiger partial charge in [0.05, 0.1) is 11.1 Å². The SMILES string of the molecule is CCCCN(C)C(=O)c1cc(C(=O)N2Cc3ccc(OCCN4CCCCC4)cc3C2)c(O)cc1O. The number of aromatic hydroxyl groups is 2. The number of phenols is 2. The zero-order chi connectivity index (χ0) is 25.7. The monoisotopic (exact) mass is 495 g/mol. The number of benzene rings is 2. The van der Waals surface area contributed by atoms with Gasteiger partial charge in [-0.1, -0.05) is 25.8 Å². The van der Waals surface area contributed by atoms with Crippen molar-refractivity contribution in [3.63, 3.8) is 0 Å². The number of hydrogen-bond acceptors (Lipinski definition) is 6. The number of fused-ring (bicyclic) bond motifs is 1. The molecule has 0 unspecified atom stereocenters. The Kier molecular flexibility index (Phi) is 8.36. The number of carbonyl (C=O) groups excluding carboxylic acids is 2. The molecule has 2 amide bonds. The molecule has 36 heavy (non-hydrogen) atoms. The predicted molar refractivity (Wildman–Crippen MR) is 137 cm³/mol. The fourth-order valence-corrected chi connectivity index (χ4v) is 4.87. The number of carbonyl (C=O) groups is 2. The maximum atomic E-state index is 13.3. The van der Waals surface area contributed by atoms with Gasteiger partial charge in [0.1, 0.15) is 23.9 Å². The molecule has 1 fully saturated rings. The van der Waals surface area contributed by atoms with E-state index in [1.807, 2.05) is 25.1 Å². The Labute approximate surface area is 213 Å². The van der Waals surface area contributed by atoms with Gasteiger partial charge in [-0.2, -0.15) is 0 Å². The molecule has 194 valence electrons. The van der Waals surface area contributed by atoms with Crippen molar-refractivity contribution in [2.24, 2.45) is 0 Å². The summed E-state index contributed by atoms with van der Waals surface area (Å²) in [5.74, 6) is -0.667. The van der Waals surface area contributed by atoms with Crippen molar-refractivity contribution in [3.8, 4) is 17.2 Å². The van der Waals surface area contributed by atoms with Crippen molar-refractivity contribution in [2.75, 3.05) is 39.8 Å². The van der Waals surface area contributed by atoms with Crippen LogP contribution >= 0.6 is 0 Å². The molecule has 0 radical (unpaired) electrons. The van der Waals surface area contributed by atoms with Crippen LogP contribution < -0.4 is 4.74 Å². The lowest BCUT2D eigenvalue weighted by Gasteiger charge is -2.26. The number of ether oxygens (including phenoxy) is 1. The summed E-state index contributed by atoms with van der Waals surface area (Å²) in [6.45, 7) is 7.19. The van der Waals surface area contributed by atoms with Gasteiger partial charge in [0.25, 0.3) is 11.8 Å². The molecule has 2 aromatic rings. The zero-order valence-electron chi connectivity index (χ0n) is 21.3. The largest absolute Gasteiger partial charge is 0.507 e. The van der Waals surface area contributed by atoms with E-state index in [1.165, 1.54) is 30.2 Å². The van der Waals surface area contributed by atoms with Crippen LogP contribution in [0.3, 0.4) is 0 Å². The number of nitrogens with zero attached hydrogens (tertiary/aromatic N) is 3. The highest BCUT2D eigenvalue weighted by atomic mass is 16.5. The van der Waals surface area contributed by atoms with Crippen LogP contribution in [0.2, 0.25) is 0 Å². The van der Waals surface area contributed by atoms with Crippen LogP contribution in [-0.4, -0.2) is 76.6 Å². The molecule has 2 N–H and O–H groups in total. The molecule has 0 spiro atoms. The number of rotatable bonds is 9. The summed E-state index contributed by atoms with van der Waals surface area (Å²) >= 11 is 0. The van der Waals surface area contributed by atoms with E-state index >= 15 is 0 Å². The quantitative estimate of drug-likeness (QED) is 0.546. The van der Waals surface area contributed by atoms with E-state index in [0.29, 0.717) is 26.2 Å². The molecule has 2 heterocycles. The average molecular weight is 496 g/mol. The molecule has 0 aliphatic carbocycles. The number of phenolic OH excluding ortho intramolecular Hbond substituents is 2. The molecule has 8 nitrogen and oxygen atoms in total. The Morgan fingerprint density at radius 3 is 2.44 bits per heavy atom. The van der Waals surface area contributed by atoms with Crippen LogP contribution in [0.25, 0.3) is 0 Å². The van der Waals surface area contributed by atoms with E-state index in [9.17, 15) is 19.8 Å². The summed E-state index contributed by atoms with van der Waals surface area (Å²) in [5.41, 5.74) is 2.05. The van der Waals surface area contributed by atoms with Gasteiger partial charge in [0.15, 0.2) is 0 Å². The summed E-state index contributed by atoms with van der Waals surface area (Å²) < 4.78 is 5.98. The van der Waals surface area contributed by atoms with Crippen LogP contribution in [0.5, 0.6) is 17.2 Å². The van der Waals surface area contributed by atoms with Gasteiger partial charge in [0.2, 0.25) is 0 Å². The highest BCUT2D eigenvalue weighted by Gasteiger charge is 2.28. The van der Waals surface area contributed by atoms with Crippen molar-refractivity contribution in [1.29, 1.82) is 0 Å². The van der Waals surface area contributed by atoms with E-state index in [-0.39, 0.29) is 34.4 Å². The summed E-state index contributed by atoms with van der Waals surface area (Å²) in [6, 6.07) is 8.27. The second kappa shape index (κ2) is 11.6. The lowest BCUT2D eigenvalue weighted by atomic mass is 10.1. The number of unbranched alkanes of at least 4 members (excludes halogenated alkanes) is 1. The van der Waals surface area contributed by atoms with E-state index in [1.54, 1.807) is 11.9 Å². The van der Waals surface area contributed by atoms with Crippen molar-refractivity contribution in [2.45, 2.75) is 52.1 Å². The Balaban J connectivity index is 1.41. The van der Waals surface area contributed by atoms with E-state index in [4.69, 9.17) is 4.74 Å².